The van der Waals surface area contributed by atoms with Gasteiger partial charge in [0, 0.05) is 7.11 Å². The molecule has 3 nitrogen and oxygen atoms in total. The van der Waals surface area contributed by atoms with Crippen molar-refractivity contribution in [2.75, 3.05) is 20.3 Å². The predicted molar refractivity (Wildman–Crippen MR) is 100.0 cm³/mol. The molecule has 1 saturated carbocycles. The SMILES string of the molecule is CCCCC(CC)COC(=O)C(COC)(C(C)C)C1CCCCC1. The molecule has 0 bridgehead atoms. The second kappa shape index (κ2) is 11.1. The first-order valence-electron chi connectivity index (χ1n) is 10.2. The Morgan fingerprint density at radius 3 is 2.33 bits per heavy atom. The number of carbonyl (C=O) groups is 1. The molecule has 3 heteroatoms. The summed E-state index contributed by atoms with van der Waals surface area (Å²) in [5.41, 5.74) is -0.474. The molecule has 2 atom stereocenters. The quantitative estimate of drug-likeness (QED) is 0.458. The molecule has 0 radical (unpaired) electrons. The van der Waals surface area contributed by atoms with Crippen LogP contribution < -0.4 is 0 Å². The first kappa shape index (κ1) is 21.5. The number of hydrogen-bond donors (Lipinski definition) is 0. The van der Waals surface area contributed by atoms with Crippen molar-refractivity contribution in [2.24, 2.45) is 23.2 Å². The van der Waals surface area contributed by atoms with Gasteiger partial charge in [0.15, 0.2) is 0 Å². The van der Waals surface area contributed by atoms with Crippen molar-refractivity contribution < 1.29 is 14.3 Å². The van der Waals surface area contributed by atoms with Gasteiger partial charge < -0.3 is 9.47 Å². The molecule has 1 aliphatic rings. The van der Waals surface area contributed by atoms with Crippen LogP contribution in [0.15, 0.2) is 0 Å². The van der Waals surface area contributed by atoms with Gasteiger partial charge in [-0.3, -0.25) is 4.79 Å². The van der Waals surface area contributed by atoms with Crippen LogP contribution >= 0.6 is 0 Å². The minimum atomic E-state index is -0.474. The average molecular weight is 341 g/mol. The molecule has 0 aliphatic heterocycles. The Morgan fingerprint density at radius 1 is 1.17 bits per heavy atom. The molecule has 0 aromatic heterocycles. The fraction of sp³-hybridized carbons (Fsp3) is 0.952. The van der Waals surface area contributed by atoms with E-state index in [1.165, 1.54) is 32.1 Å². The molecule has 24 heavy (non-hydrogen) atoms. The van der Waals surface area contributed by atoms with Gasteiger partial charge in [-0.2, -0.15) is 0 Å². The Balaban J connectivity index is 2.82. The van der Waals surface area contributed by atoms with Gasteiger partial charge in [0.1, 0.15) is 0 Å². The van der Waals surface area contributed by atoms with Gasteiger partial charge >= 0.3 is 5.97 Å². The lowest BCUT2D eigenvalue weighted by molar-refractivity contribution is -0.172. The number of methoxy groups -OCH3 is 1. The summed E-state index contributed by atoms with van der Waals surface area (Å²) in [7, 11) is 1.71. The van der Waals surface area contributed by atoms with Crippen LogP contribution in [0.4, 0.5) is 0 Å². The zero-order chi connectivity index (χ0) is 18.0. The van der Waals surface area contributed by atoms with Crippen molar-refractivity contribution in [3.8, 4) is 0 Å². The normalized spacial score (nSPS) is 19.9. The first-order valence-corrected chi connectivity index (χ1v) is 10.2. The van der Waals surface area contributed by atoms with E-state index in [-0.39, 0.29) is 11.9 Å². The third kappa shape index (κ3) is 5.47. The van der Waals surface area contributed by atoms with Crippen LogP contribution in [0.3, 0.4) is 0 Å². The Kier molecular flexibility index (Phi) is 9.95. The number of unbranched alkanes of at least 4 members (excludes halogenated alkanes) is 1. The molecule has 2 unspecified atom stereocenters. The number of carbonyl (C=O) groups excluding carboxylic acids is 1. The maximum atomic E-state index is 13.2. The van der Waals surface area contributed by atoms with E-state index < -0.39 is 5.41 Å². The molecule has 0 heterocycles. The Bertz CT molecular complexity index is 347. The van der Waals surface area contributed by atoms with E-state index in [9.17, 15) is 4.79 Å². The zero-order valence-electron chi connectivity index (χ0n) is 16.7. The van der Waals surface area contributed by atoms with Crippen LogP contribution in [0, 0.1) is 23.2 Å². The Labute approximate surface area is 149 Å². The first-order chi connectivity index (χ1) is 11.5. The molecule has 1 fully saturated rings. The maximum Gasteiger partial charge on any atom is 0.314 e. The molecule has 0 aromatic rings. The number of ether oxygens (including phenoxy) is 2. The fourth-order valence-corrected chi connectivity index (χ4v) is 4.30. The molecule has 0 N–H and O–H groups in total. The van der Waals surface area contributed by atoms with Gasteiger partial charge in [-0.25, -0.2) is 0 Å². The van der Waals surface area contributed by atoms with Crippen molar-refractivity contribution in [2.45, 2.75) is 85.5 Å². The molecule has 1 aliphatic carbocycles. The van der Waals surface area contributed by atoms with Crippen molar-refractivity contribution in [1.82, 2.24) is 0 Å². The molecule has 0 amide bonds. The highest BCUT2D eigenvalue weighted by Crippen LogP contribution is 2.45. The highest BCUT2D eigenvalue weighted by Gasteiger charge is 2.49. The van der Waals surface area contributed by atoms with Crippen LogP contribution in [0.1, 0.15) is 85.5 Å². The third-order valence-corrected chi connectivity index (χ3v) is 6.12. The third-order valence-electron chi connectivity index (χ3n) is 6.12. The predicted octanol–water partition coefficient (Wildman–Crippen LogP) is 5.62. The van der Waals surface area contributed by atoms with Gasteiger partial charge in [-0.15, -0.1) is 0 Å². The van der Waals surface area contributed by atoms with E-state index in [2.05, 4.69) is 27.7 Å². The van der Waals surface area contributed by atoms with E-state index in [1.807, 2.05) is 0 Å². The van der Waals surface area contributed by atoms with E-state index in [0.717, 1.165) is 25.7 Å². The van der Waals surface area contributed by atoms with Crippen molar-refractivity contribution >= 4 is 5.97 Å². The summed E-state index contributed by atoms with van der Waals surface area (Å²) in [6.45, 7) is 9.77. The molecule has 0 saturated heterocycles. The van der Waals surface area contributed by atoms with E-state index in [0.29, 0.717) is 25.0 Å². The summed E-state index contributed by atoms with van der Waals surface area (Å²) in [4.78, 5) is 13.2. The Morgan fingerprint density at radius 2 is 1.83 bits per heavy atom. The topological polar surface area (TPSA) is 35.5 Å². The maximum absolute atomic E-state index is 13.2. The average Bonchev–Trinajstić information content (AvgIpc) is 2.60. The summed E-state index contributed by atoms with van der Waals surface area (Å²) in [6, 6.07) is 0. The smallest absolute Gasteiger partial charge is 0.314 e. The lowest BCUT2D eigenvalue weighted by Gasteiger charge is -2.43. The minimum Gasteiger partial charge on any atom is -0.465 e. The van der Waals surface area contributed by atoms with E-state index in [4.69, 9.17) is 9.47 Å². The summed E-state index contributed by atoms with van der Waals surface area (Å²) in [5.74, 6) is 1.12. The Hall–Kier alpha value is -0.570. The molecule has 0 aromatic carbocycles. The molecule has 0 spiro atoms. The van der Waals surface area contributed by atoms with Crippen LogP contribution in [-0.2, 0) is 14.3 Å². The van der Waals surface area contributed by atoms with E-state index >= 15 is 0 Å². The monoisotopic (exact) mass is 340 g/mol. The number of hydrogen-bond acceptors (Lipinski definition) is 3. The fourth-order valence-electron chi connectivity index (χ4n) is 4.30. The van der Waals surface area contributed by atoms with Crippen LogP contribution in [0.25, 0.3) is 0 Å². The van der Waals surface area contributed by atoms with Crippen LogP contribution in [0.5, 0.6) is 0 Å². The molecular formula is C21H40O3. The van der Waals surface area contributed by atoms with Crippen LogP contribution in [-0.4, -0.2) is 26.3 Å². The minimum absolute atomic E-state index is 0.0128. The van der Waals surface area contributed by atoms with E-state index in [1.54, 1.807) is 7.11 Å². The summed E-state index contributed by atoms with van der Waals surface area (Å²) < 4.78 is 11.4. The van der Waals surface area contributed by atoms with Crippen molar-refractivity contribution in [3.63, 3.8) is 0 Å². The summed E-state index contributed by atoms with van der Waals surface area (Å²) in [6.07, 6.45) is 10.7. The largest absolute Gasteiger partial charge is 0.465 e. The van der Waals surface area contributed by atoms with Crippen molar-refractivity contribution in [3.05, 3.63) is 0 Å². The lowest BCUT2D eigenvalue weighted by Crippen LogP contribution is -2.49. The molecule has 142 valence electrons. The van der Waals surface area contributed by atoms with Gasteiger partial charge in [-0.05, 0) is 37.0 Å². The standard InChI is InChI=1S/C21H40O3/c1-6-8-12-18(7-2)15-24-20(22)21(16-23-5,17(3)4)19-13-10-9-11-14-19/h17-19H,6-16H2,1-5H3. The highest BCUT2D eigenvalue weighted by molar-refractivity contribution is 5.78. The summed E-state index contributed by atoms with van der Waals surface area (Å²) >= 11 is 0. The van der Waals surface area contributed by atoms with Crippen molar-refractivity contribution in [1.29, 1.82) is 0 Å². The van der Waals surface area contributed by atoms with Crippen LogP contribution in [0.2, 0.25) is 0 Å². The second-order valence-electron chi connectivity index (χ2n) is 7.98. The lowest BCUT2D eigenvalue weighted by atomic mass is 9.63. The molecular weight excluding hydrogens is 300 g/mol. The van der Waals surface area contributed by atoms with Gasteiger partial charge in [0.2, 0.25) is 0 Å². The zero-order valence-corrected chi connectivity index (χ0v) is 16.7. The summed E-state index contributed by atoms with van der Waals surface area (Å²) in [5, 5.41) is 0. The molecule has 1 rings (SSSR count). The number of rotatable bonds is 11. The van der Waals surface area contributed by atoms with Gasteiger partial charge in [0.05, 0.1) is 18.6 Å². The van der Waals surface area contributed by atoms with Gasteiger partial charge in [-0.1, -0.05) is 66.2 Å². The number of esters is 1. The highest BCUT2D eigenvalue weighted by atomic mass is 16.5. The second-order valence-corrected chi connectivity index (χ2v) is 7.98. The van der Waals surface area contributed by atoms with Gasteiger partial charge in [0.25, 0.3) is 0 Å².